The second-order valence-electron chi connectivity index (χ2n) is 7.64. The predicted molar refractivity (Wildman–Crippen MR) is 127 cm³/mol. The molecule has 3 rings (SSSR count). The predicted octanol–water partition coefficient (Wildman–Crippen LogP) is 3.83. The third-order valence-corrected chi connectivity index (χ3v) is 5.79. The molecular weight excluding hydrogens is 512 g/mol. The Balaban J connectivity index is 2.10. The molecule has 0 unspecified atom stereocenters. The minimum atomic E-state index is -0.765. The molecule has 10 heteroatoms. The van der Waals surface area contributed by atoms with Crippen LogP contribution in [0.3, 0.4) is 0 Å². The Hall–Kier alpha value is -3.53. The van der Waals surface area contributed by atoms with Gasteiger partial charge in [0.25, 0.3) is 17.4 Å². The maximum Gasteiger partial charge on any atom is 0.273 e. The number of rotatable bonds is 6. The lowest BCUT2D eigenvalue weighted by Crippen LogP contribution is -2.28. The fourth-order valence-corrected chi connectivity index (χ4v) is 3.71. The number of nitrogens with zero attached hydrogens (tertiary/aromatic N) is 2. The van der Waals surface area contributed by atoms with Crippen molar-refractivity contribution >= 4 is 27.7 Å². The Bertz CT molecular complexity index is 1340. The van der Waals surface area contributed by atoms with E-state index in [-0.39, 0.29) is 51.0 Å². The standard InChI is InChI=1S/C24H22BrF2N3O4/c1-13-9-20(34-12-15-5-7-16(26)11-18(15)27)21(25)24(33)30(13)19-10-14(22(31)28-2)6-8-17(19)23(32)29(3)4/h5-11H,12H2,1-4H3,(H,28,31). The van der Waals surface area contributed by atoms with Crippen molar-refractivity contribution in [2.75, 3.05) is 21.1 Å². The number of amides is 2. The molecule has 0 radical (unpaired) electrons. The second kappa shape index (κ2) is 10.2. The molecule has 1 N–H and O–H groups in total. The Morgan fingerprint density at radius 1 is 1.12 bits per heavy atom. The number of ether oxygens (including phenoxy) is 1. The molecule has 0 aliphatic heterocycles. The third-order valence-electron chi connectivity index (χ3n) is 5.06. The molecule has 0 bridgehead atoms. The van der Waals surface area contributed by atoms with Crippen LogP contribution in [-0.2, 0) is 6.61 Å². The molecule has 34 heavy (non-hydrogen) atoms. The topological polar surface area (TPSA) is 80.6 Å². The molecule has 1 heterocycles. The fraction of sp³-hybridized carbons (Fsp3) is 0.208. The summed E-state index contributed by atoms with van der Waals surface area (Å²) < 4.78 is 34.0. The van der Waals surface area contributed by atoms with Gasteiger partial charge in [0, 0.05) is 50.1 Å². The van der Waals surface area contributed by atoms with E-state index in [2.05, 4.69) is 21.2 Å². The zero-order valence-electron chi connectivity index (χ0n) is 18.9. The largest absolute Gasteiger partial charge is 0.487 e. The highest BCUT2D eigenvalue weighted by atomic mass is 79.9. The Kier molecular flexibility index (Phi) is 7.51. The number of hydrogen-bond donors (Lipinski definition) is 1. The van der Waals surface area contributed by atoms with Gasteiger partial charge in [-0.25, -0.2) is 8.78 Å². The summed E-state index contributed by atoms with van der Waals surface area (Å²) in [4.78, 5) is 39.7. The van der Waals surface area contributed by atoms with Crippen molar-refractivity contribution in [3.63, 3.8) is 0 Å². The second-order valence-corrected chi connectivity index (χ2v) is 8.43. The number of nitrogens with one attached hydrogen (secondary N) is 1. The number of carbonyl (C=O) groups is 2. The summed E-state index contributed by atoms with van der Waals surface area (Å²) in [6, 6.07) is 9.12. The van der Waals surface area contributed by atoms with Crippen molar-refractivity contribution < 1.29 is 23.1 Å². The van der Waals surface area contributed by atoms with E-state index in [0.29, 0.717) is 5.69 Å². The normalized spacial score (nSPS) is 10.7. The van der Waals surface area contributed by atoms with Crippen LogP contribution in [0.2, 0.25) is 0 Å². The lowest BCUT2D eigenvalue weighted by molar-refractivity contribution is 0.0826. The molecule has 0 fully saturated rings. The zero-order valence-corrected chi connectivity index (χ0v) is 20.5. The summed E-state index contributed by atoms with van der Waals surface area (Å²) in [7, 11) is 4.64. The first-order valence-corrected chi connectivity index (χ1v) is 10.9. The molecule has 178 valence electrons. The summed E-state index contributed by atoms with van der Waals surface area (Å²) in [5, 5.41) is 2.52. The minimum absolute atomic E-state index is 0.0363. The van der Waals surface area contributed by atoms with Crippen LogP contribution in [0.25, 0.3) is 5.69 Å². The number of pyridine rings is 1. The number of hydrogen-bond acceptors (Lipinski definition) is 4. The molecule has 7 nitrogen and oxygen atoms in total. The average molecular weight is 534 g/mol. The molecule has 0 spiro atoms. The van der Waals surface area contributed by atoms with Crippen molar-refractivity contribution in [3.8, 4) is 11.4 Å². The van der Waals surface area contributed by atoms with Crippen LogP contribution >= 0.6 is 15.9 Å². The van der Waals surface area contributed by atoms with Crippen molar-refractivity contribution in [2.45, 2.75) is 13.5 Å². The number of benzene rings is 2. The van der Waals surface area contributed by atoms with Gasteiger partial charge in [-0.3, -0.25) is 19.0 Å². The zero-order chi connectivity index (χ0) is 25.2. The average Bonchev–Trinajstić information content (AvgIpc) is 2.80. The fourth-order valence-electron chi connectivity index (χ4n) is 3.30. The van der Waals surface area contributed by atoms with Gasteiger partial charge < -0.3 is 15.0 Å². The maximum absolute atomic E-state index is 13.9. The number of aryl methyl sites for hydroxylation is 1. The van der Waals surface area contributed by atoms with Crippen LogP contribution in [0.5, 0.6) is 5.75 Å². The molecule has 2 amide bonds. The molecule has 0 aliphatic rings. The highest BCUT2D eigenvalue weighted by Crippen LogP contribution is 2.27. The van der Waals surface area contributed by atoms with E-state index in [1.807, 2.05) is 0 Å². The smallest absolute Gasteiger partial charge is 0.273 e. The Morgan fingerprint density at radius 2 is 1.82 bits per heavy atom. The van der Waals surface area contributed by atoms with Gasteiger partial charge in [0.2, 0.25) is 0 Å². The quantitative estimate of drug-likeness (QED) is 0.522. The van der Waals surface area contributed by atoms with Crippen molar-refractivity contribution in [1.29, 1.82) is 0 Å². The lowest BCUT2D eigenvalue weighted by Gasteiger charge is -2.19. The summed E-state index contributed by atoms with van der Waals surface area (Å²) in [6.07, 6.45) is 0. The number of aromatic nitrogens is 1. The Labute approximate surface area is 203 Å². The first-order valence-electron chi connectivity index (χ1n) is 10.1. The van der Waals surface area contributed by atoms with Gasteiger partial charge in [0.1, 0.15) is 28.5 Å². The van der Waals surface area contributed by atoms with Crippen LogP contribution in [-0.4, -0.2) is 42.4 Å². The van der Waals surface area contributed by atoms with Crippen molar-refractivity contribution in [3.05, 3.63) is 91.3 Å². The van der Waals surface area contributed by atoms with Gasteiger partial charge >= 0.3 is 0 Å². The Morgan fingerprint density at radius 3 is 2.44 bits per heavy atom. The van der Waals surface area contributed by atoms with Crippen molar-refractivity contribution in [1.82, 2.24) is 14.8 Å². The first-order chi connectivity index (χ1) is 16.0. The lowest BCUT2D eigenvalue weighted by atomic mass is 10.1. The molecule has 0 saturated carbocycles. The van der Waals surface area contributed by atoms with Crippen LogP contribution in [0.1, 0.15) is 32.0 Å². The molecule has 3 aromatic rings. The first kappa shape index (κ1) is 25.1. The van der Waals surface area contributed by atoms with E-state index < -0.39 is 17.2 Å². The molecule has 0 saturated heterocycles. The highest BCUT2D eigenvalue weighted by Gasteiger charge is 2.21. The number of carbonyl (C=O) groups excluding carboxylic acids is 2. The van der Waals surface area contributed by atoms with Crippen LogP contribution in [0, 0.1) is 18.6 Å². The highest BCUT2D eigenvalue weighted by molar-refractivity contribution is 9.10. The maximum atomic E-state index is 13.9. The molecule has 1 aromatic heterocycles. The van der Waals surface area contributed by atoms with E-state index in [0.717, 1.165) is 12.1 Å². The van der Waals surface area contributed by atoms with E-state index >= 15 is 0 Å². The molecular formula is C24H22BrF2N3O4. The van der Waals surface area contributed by atoms with Crippen LogP contribution in [0.4, 0.5) is 8.78 Å². The molecule has 0 atom stereocenters. The van der Waals surface area contributed by atoms with E-state index in [1.165, 1.54) is 40.8 Å². The monoisotopic (exact) mass is 533 g/mol. The van der Waals surface area contributed by atoms with Gasteiger partial charge in [-0.15, -0.1) is 0 Å². The van der Waals surface area contributed by atoms with E-state index in [4.69, 9.17) is 4.74 Å². The van der Waals surface area contributed by atoms with Crippen LogP contribution < -0.4 is 15.6 Å². The SMILES string of the molecule is CNC(=O)c1ccc(C(=O)N(C)C)c(-n2c(C)cc(OCc3ccc(F)cc3F)c(Br)c2=O)c1. The van der Waals surface area contributed by atoms with Gasteiger partial charge in [0.05, 0.1) is 11.3 Å². The van der Waals surface area contributed by atoms with E-state index in [1.54, 1.807) is 27.1 Å². The van der Waals surface area contributed by atoms with Gasteiger partial charge in [-0.05, 0) is 53.2 Å². The van der Waals surface area contributed by atoms with Crippen LogP contribution in [0.15, 0.2) is 51.7 Å². The van der Waals surface area contributed by atoms with Crippen molar-refractivity contribution in [2.24, 2.45) is 0 Å². The molecule has 2 aromatic carbocycles. The molecule has 0 aliphatic carbocycles. The summed E-state index contributed by atoms with van der Waals surface area (Å²) in [5.41, 5.74) is 0.687. The summed E-state index contributed by atoms with van der Waals surface area (Å²) in [6.45, 7) is 1.40. The number of halogens is 3. The minimum Gasteiger partial charge on any atom is -0.487 e. The van der Waals surface area contributed by atoms with E-state index in [9.17, 15) is 23.2 Å². The summed E-state index contributed by atoms with van der Waals surface area (Å²) >= 11 is 3.23. The summed E-state index contributed by atoms with van der Waals surface area (Å²) in [5.74, 6) is -2.06. The third kappa shape index (κ3) is 5.01. The van der Waals surface area contributed by atoms with Gasteiger partial charge in [-0.2, -0.15) is 0 Å². The van der Waals surface area contributed by atoms with Gasteiger partial charge in [0.15, 0.2) is 0 Å². The van der Waals surface area contributed by atoms with Gasteiger partial charge in [-0.1, -0.05) is 0 Å².